The molecule has 1 aromatic heterocycles. The molecule has 0 spiro atoms. The van der Waals surface area contributed by atoms with Crippen LogP contribution in [0.15, 0.2) is 22.5 Å². The van der Waals surface area contributed by atoms with Crippen LogP contribution in [0.2, 0.25) is 0 Å². The molecule has 0 aliphatic carbocycles. The predicted molar refractivity (Wildman–Crippen MR) is 35.4 cm³/mol. The van der Waals surface area contributed by atoms with E-state index in [9.17, 15) is 4.39 Å². The van der Waals surface area contributed by atoms with Gasteiger partial charge in [0, 0.05) is 0 Å². The molecule has 0 unspecified atom stereocenters. The summed E-state index contributed by atoms with van der Waals surface area (Å²) in [6, 6.07) is 3.06. The fourth-order valence-electron chi connectivity index (χ4n) is 0.439. The molecular weight excluding hydrogens is 170 g/mol. The van der Waals surface area contributed by atoms with Crippen LogP contribution in [0.5, 0.6) is 0 Å². The van der Waals surface area contributed by atoms with E-state index >= 15 is 0 Å². The molecule has 1 aromatic rings. The Labute approximate surface area is 56.1 Å². The molecule has 0 aliphatic rings. The van der Waals surface area contributed by atoms with E-state index in [0.29, 0.717) is 4.37 Å². The molecule has 0 N–H and O–H groups in total. The summed E-state index contributed by atoms with van der Waals surface area (Å²) in [7, 11) is 0. The van der Waals surface area contributed by atoms with Crippen molar-refractivity contribution in [3.63, 3.8) is 0 Å². The zero-order valence-corrected chi connectivity index (χ0v) is 5.65. The summed E-state index contributed by atoms with van der Waals surface area (Å²) >= 11 is 3.02. The van der Waals surface area contributed by atoms with Gasteiger partial charge in [-0.2, -0.15) is 0 Å². The molecule has 40 valence electrons. The first kappa shape index (κ1) is 5.95. The van der Waals surface area contributed by atoms with E-state index in [1.165, 1.54) is 6.07 Å². The Kier molecular flexibility index (Phi) is 1.79. The van der Waals surface area contributed by atoms with Crippen molar-refractivity contribution >= 4 is 22.8 Å². The summed E-state index contributed by atoms with van der Waals surface area (Å²) in [6.45, 7) is 1.66. The van der Waals surface area contributed by atoms with Crippen LogP contribution in [0, 0.1) is 5.82 Å². The Morgan fingerprint density at radius 2 is 2.38 bits per heavy atom. The fourth-order valence-corrected chi connectivity index (χ4v) is 0.724. The van der Waals surface area contributed by atoms with Crippen molar-refractivity contribution in [3.05, 3.63) is 28.3 Å². The van der Waals surface area contributed by atoms with Crippen molar-refractivity contribution in [2.45, 2.75) is 0 Å². The van der Waals surface area contributed by atoms with E-state index in [4.69, 9.17) is 0 Å². The molecule has 0 nitrogen and oxygen atoms in total. The third-order valence-corrected chi connectivity index (χ3v) is 1.47. The summed E-state index contributed by atoms with van der Waals surface area (Å²) in [5.41, 5.74) is 0. The topological polar surface area (TPSA) is 0 Å². The van der Waals surface area contributed by atoms with Crippen molar-refractivity contribution in [3.8, 4) is 0 Å². The van der Waals surface area contributed by atoms with Crippen LogP contribution >= 0.6 is 15.9 Å². The first-order valence-electron chi connectivity index (χ1n) is 2.21. The van der Waals surface area contributed by atoms with Crippen LogP contribution in [0.4, 0.5) is 4.39 Å². The van der Waals surface area contributed by atoms with Crippen LogP contribution < -0.4 is 0 Å². The van der Waals surface area contributed by atoms with Gasteiger partial charge in [0.25, 0.3) is 0 Å². The third kappa shape index (κ3) is 1.16. The van der Waals surface area contributed by atoms with Gasteiger partial charge in [-0.1, -0.05) is 0 Å². The molecule has 8 heavy (non-hydrogen) atoms. The van der Waals surface area contributed by atoms with E-state index in [0.717, 1.165) is 0 Å². The van der Waals surface area contributed by atoms with Gasteiger partial charge in [-0.3, -0.25) is 0 Å². The second kappa shape index (κ2) is 2.40. The molecule has 0 amide bonds. The molecule has 0 radical (unpaired) electrons. The monoisotopic (exact) mass is 172 g/mol. The van der Waals surface area contributed by atoms with Crippen LogP contribution in [0.25, 0.3) is 0 Å². The first-order chi connectivity index (χ1) is 3.80. The van der Waals surface area contributed by atoms with E-state index in [1.807, 2.05) is 0 Å². The van der Waals surface area contributed by atoms with Gasteiger partial charge < -0.3 is 0 Å². The molecule has 0 saturated carbocycles. The first-order valence-corrected chi connectivity index (χ1v) is 3.00. The second-order valence-electron chi connectivity index (χ2n) is 1.41. The van der Waals surface area contributed by atoms with Crippen LogP contribution in [0.3, 0.4) is 0 Å². The third-order valence-electron chi connectivity index (χ3n) is 0.824. The Morgan fingerprint density at radius 3 is 2.75 bits per heavy atom. The summed E-state index contributed by atoms with van der Waals surface area (Å²) in [5, 5.41) is 0. The maximum atomic E-state index is 12.3. The molecule has 1 heterocycles. The molecule has 0 aliphatic heterocycles. The number of hydrogen-bond acceptors (Lipinski definition) is 0. The van der Waals surface area contributed by atoms with Crippen molar-refractivity contribution < 1.29 is 4.39 Å². The number of hydrogen-bond donors (Lipinski definition) is 0. The molecular formula is C5H3BBrF. The SMILES string of the molecule is Fc1cccbc1Br. The average molecular weight is 173 g/mol. The van der Waals surface area contributed by atoms with E-state index in [1.54, 1.807) is 18.9 Å². The van der Waals surface area contributed by atoms with Crippen molar-refractivity contribution in [2.75, 3.05) is 0 Å². The standard InChI is InChI=1S/C5H3BBrF/c7-5-4(8)2-1-3-6-5/h1-3H. The van der Waals surface area contributed by atoms with Gasteiger partial charge in [0.2, 0.25) is 0 Å². The van der Waals surface area contributed by atoms with Gasteiger partial charge >= 0.3 is 55.5 Å². The van der Waals surface area contributed by atoms with Gasteiger partial charge in [-0.15, -0.1) is 0 Å². The second-order valence-corrected chi connectivity index (χ2v) is 2.27. The Balaban J connectivity index is 3.13. The quantitative estimate of drug-likeness (QED) is 0.561. The minimum atomic E-state index is -0.215. The van der Waals surface area contributed by atoms with Crippen LogP contribution in [-0.4, -0.2) is 6.91 Å². The summed E-state index contributed by atoms with van der Waals surface area (Å²) < 4.78 is 12.8. The maximum absolute atomic E-state index is 12.3. The zero-order chi connectivity index (χ0) is 5.98. The zero-order valence-electron chi connectivity index (χ0n) is 4.07. The Bertz CT molecular complexity index is 169. The molecule has 0 aromatic carbocycles. The molecule has 1 rings (SSSR count). The predicted octanol–water partition coefficient (Wildman–Crippen LogP) is 1.93. The van der Waals surface area contributed by atoms with Gasteiger partial charge in [0.05, 0.1) is 0 Å². The molecule has 0 bridgehead atoms. The van der Waals surface area contributed by atoms with Crippen molar-refractivity contribution in [1.29, 1.82) is 0 Å². The van der Waals surface area contributed by atoms with E-state index < -0.39 is 0 Å². The number of rotatable bonds is 0. The average Bonchev–Trinajstić information content (AvgIpc) is 1.77. The van der Waals surface area contributed by atoms with Gasteiger partial charge in [-0.25, -0.2) is 0 Å². The molecule has 0 saturated heterocycles. The van der Waals surface area contributed by atoms with Crippen molar-refractivity contribution in [1.82, 2.24) is 0 Å². The van der Waals surface area contributed by atoms with Crippen LogP contribution in [0.1, 0.15) is 0 Å². The Hall–Kier alpha value is -0.175. The van der Waals surface area contributed by atoms with Gasteiger partial charge in [0.15, 0.2) is 0 Å². The van der Waals surface area contributed by atoms with Gasteiger partial charge in [-0.05, 0) is 0 Å². The number of halogens is 2. The Morgan fingerprint density at radius 1 is 1.62 bits per heavy atom. The minimum absolute atomic E-state index is 0.215. The van der Waals surface area contributed by atoms with E-state index in [-0.39, 0.29) is 5.82 Å². The molecule has 0 fully saturated rings. The molecule has 0 atom stereocenters. The molecule has 3 heteroatoms. The normalized spacial score (nSPS) is 8.75. The van der Waals surface area contributed by atoms with E-state index in [2.05, 4.69) is 15.9 Å². The van der Waals surface area contributed by atoms with Crippen molar-refractivity contribution in [2.24, 2.45) is 0 Å². The summed E-state index contributed by atoms with van der Waals surface area (Å²) in [6.07, 6.45) is 0. The fraction of sp³-hybridized carbons (Fsp3) is 0. The van der Waals surface area contributed by atoms with Gasteiger partial charge in [0.1, 0.15) is 0 Å². The summed E-state index contributed by atoms with van der Waals surface area (Å²) in [5.74, 6) is 1.56. The van der Waals surface area contributed by atoms with Crippen LogP contribution in [-0.2, 0) is 0 Å². The summed E-state index contributed by atoms with van der Waals surface area (Å²) in [4.78, 5) is 0.